The van der Waals surface area contributed by atoms with E-state index in [1.54, 1.807) is 0 Å². The Morgan fingerprint density at radius 1 is 0.778 bits per heavy atom. The molecule has 0 bridgehead atoms. The summed E-state index contributed by atoms with van der Waals surface area (Å²) < 4.78 is 0. The molecule has 4 heteroatoms. The summed E-state index contributed by atoms with van der Waals surface area (Å²) in [5.74, 6) is 1.50. The van der Waals surface area contributed by atoms with Gasteiger partial charge in [0.05, 0.1) is 0 Å². The minimum absolute atomic E-state index is 0.237. The van der Waals surface area contributed by atoms with Crippen molar-refractivity contribution >= 4 is 0 Å². The first kappa shape index (κ1) is 17.8. The number of aliphatic hydroxyl groups is 4. The molecule has 0 atom stereocenters. The second-order valence-electron chi connectivity index (χ2n) is 5.38. The van der Waals surface area contributed by atoms with Gasteiger partial charge in [-0.25, -0.2) is 0 Å². The largest absolute Gasteiger partial charge is 0.396 e. The highest BCUT2D eigenvalue weighted by Gasteiger charge is 2.19. The van der Waals surface area contributed by atoms with Crippen LogP contribution in [0.2, 0.25) is 0 Å². The van der Waals surface area contributed by atoms with Crippen molar-refractivity contribution < 1.29 is 20.4 Å². The smallest absolute Gasteiger partial charge is 0.0459 e. The highest BCUT2D eigenvalue weighted by atomic mass is 16.3. The zero-order valence-electron chi connectivity index (χ0n) is 11.6. The second-order valence-corrected chi connectivity index (χ2v) is 5.38. The number of hydrogen-bond donors (Lipinski definition) is 4. The Hall–Kier alpha value is -0.160. The van der Waals surface area contributed by atoms with Crippen molar-refractivity contribution in [2.24, 2.45) is 17.8 Å². The lowest BCUT2D eigenvalue weighted by Crippen LogP contribution is -2.19. The predicted octanol–water partition coefficient (Wildman–Crippen LogP) is 1.16. The van der Waals surface area contributed by atoms with Gasteiger partial charge in [-0.05, 0) is 56.3 Å². The summed E-state index contributed by atoms with van der Waals surface area (Å²) in [5, 5.41) is 34.3. The summed E-state index contributed by atoms with van der Waals surface area (Å²) in [6.07, 6.45) is 6.01. The third-order valence-electron chi connectivity index (χ3n) is 3.73. The van der Waals surface area contributed by atoms with E-state index in [9.17, 15) is 0 Å². The molecule has 1 saturated carbocycles. The van der Waals surface area contributed by atoms with Crippen molar-refractivity contribution in [3.05, 3.63) is 0 Å². The first-order chi connectivity index (χ1) is 8.67. The van der Waals surface area contributed by atoms with Gasteiger partial charge in [0.1, 0.15) is 0 Å². The van der Waals surface area contributed by atoms with E-state index in [1.165, 1.54) is 0 Å². The van der Waals surface area contributed by atoms with Gasteiger partial charge in [0.25, 0.3) is 0 Å². The molecular formula is C14H30O4. The Balaban J connectivity index is 0.000000331. The topological polar surface area (TPSA) is 80.9 Å². The van der Waals surface area contributed by atoms with Crippen LogP contribution in [-0.2, 0) is 0 Å². The summed E-state index contributed by atoms with van der Waals surface area (Å²) in [6, 6.07) is 0. The molecule has 0 aromatic carbocycles. The summed E-state index contributed by atoms with van der Waals surface area (Å²) in [6.45, 7) is 3.16. The summed E-state index contributed by atoms with van der Waals surface area (Å²) in [4.78, 5) is 0. The molecule has 18 heavy (non-hydrogen) atoms. The maximum absolute atomic E-state index is 8.79. The van der Waals surface area contributed by atoms with Crippen molar-refractivity contribution in [3.8, 4) is 0 Å². The lowest BCUT2D eigenvalue weighted by atomic mass is 9.83. The molecule has 1 aliphatic rings. The van der Waals surface area contributed by atoms with Gasteiger partial charge >= 0.3 is 0 Å². The van der Waals surface area contributed by atoms with Crippen LogP contribution >= 0.6 is 0 Å². The first-order valence-corrected chi connectivity index (χ1v) is 7.11. The molecule has 1 fully saturated rings. The van der Waals surface area contributed by atoms with Gasteiger partial charge in [-0.15, -0.1) is 0 Å². The van der Waals surface area contributed by atoms with E-state index in [-0.39, 0.29) is 13.2 Å². The molecule has 0 saturated heterocycles. The number of aliphatic hydroxyl groups excluding tert-OH is 4. The number of hydrogen-bond acceptors (Lipinski definition) is 4. The fourth-order valence-corrected chi connectivity index (χ4v) is 2.18. The molecule has 1 rings (SSSR count). The molecule has 0 spiro atoms. The van der Waals surface area contributed by atoms with E-state index in [0.717, 1.165) is 38.5 Å². The van der Waals surface area contributed by atoms with Crippen LogP contribution in [0.25, 0.3) is 0 Å². The average molecular weight is 262 g/mol. The Morgan fingerprint density at radius 3 is 1.33 bits per heavy atom. The van der Waals surface area contributed by atoms with Crippen LogP contribution in [0.15, 0.2) is 0 Å². The Labute approximate surface area is 111 Å². The maximum Gasteiger partial charge on any atom is 0.0459 e. The molecule has 0 radical (unpaired) electrons. The van der Waals surface area contributed by atoms with Crippen LogP contribution in [0.5, 0.6) is 0 Å². The van der Waals surface area contributed by atoms with Gasteiger partial charge < -0.3 is 20.4 Å². The van der Waals surface area contributed by atoms with Gasteiger partial charge in [0.2, 0.25) is 0 Å². The van der Waals surface area contributed by atoms with E-state index < -0.39 is 0 Å². The molecule has 4 N–H and O–H groups in total. The molecule has 0 aromatic heterocycles. The third-order valence-corrected chi connectivity index (χ3v) is 3.73. The standard InChI is InChI=1S/C8H16O2.C6H14O2/c9-5-7-1-2-8(6-10)4-3-7;1-6(2-4-7)3-5-8/h7-10H,1-6H2;6-8H,2-5H2,1H3. The molecule has 0 aliphatic heterocycles. The summed E-state index contributed by atoms with van der Waals surface area (Å²) in [5.41, 5.74) is 0. The van der Waals surface area contributed by atoms with Crippen LogP contribution in [0.3, 0.4) is 0 Å². The normalized spacial score (nSPS) is 23.7. The van der Waals surface area contributed by atoms with E-state index in [2.05, 4.69) is 0 Å². The molecule has 0 unspecified atom stereocenters. The molecule has 1 aliphatic carbocycles. The van der Waals surface area contributed by atoms with Gasteiger partial charge in [-0.2, -0.15) is 0 Å². The summed E-state index contributed by atoms with van der Waals surface area (Å²) in [7, 11) is 0. The van der Waals surface area contributed by atoms with E-state index in [1.807, 2.05) is 6.92 Å². The monoisotopic (exact) mass is 262 g/mol. The highest BCUT2D eigenvalue weighted by Crippen LogP contribution is 2.27. The van der Waals surface area contributed by atoms with Crippen LogP contribution in [0.1, 0.15) is 45.4 Å². The maximum atomic E-state index is 8.79. The lowest BCUT2D eigenvalue weighted by molar-refractivity contribution is 0.131. The van der Waals surface area contributed by atoms with Gasteiger partial charge in [-0.1, -0.05) is 6.92 Å². The fourth-order valence-electron chi connectivity index (χ4n) is 2.18. The highest BCUT2D eigenvalue weighted by molar-refractivity contribution is 4.70. The van der Waals surface area contributed by atoms with Crippen molar-refractivity contribution in [1.29, 1.82) is 0 Å². The lowest BCUT2D eigenvalue weighted by Gasteiger charge is -2.25. The van der Waals surface area contributed by atoms with E-state index in [4.69, 9.17) is 20.4 Å². The molecule has 110 valence electrons. The first-order valence-electron chi connectivity index (χ1n) is 7.11. The van der Waals surface area contributed by atoms with Crippen molar-refractivity contribution in [3.63, 3.8) is 0 Å². The quantitative estimate of drug-likeness (QED) is 0.579. The Morgan fingerprint density at radius 2 is 1.11 bits per heavy atom. The van der Waals surface area contributed by atoms with E-state index in [0.29, 0.717) is 31.0 Å². The Bertz CT molecular complexity index is 149. The minimum atomic E-state index is 0.237. The van der Waals surface area contributed by atoms with Crippen LogP contribution in [0, 0.1) is 17.8 Å². The molecule has 4 nitrogen and oxygen atoms in total. The van der Waals surface area contributed by atoms with Gasteiger partial charge in [0.15, 0.2) is 0 Å². The van der Waals surface area contributed by atoms with Crippen LogP contribution in [-0.4, -0.2) is 46.9 Å². The van der Waals surface area contributed by atoms with Crippen LogP contribution in [0.4, 0.5) is 0 Å². The fraction of sp³-hybridized carbons (Fsp3) is 1.00. The number of rotatable bonds is 6. The minimum Gasteiger partial charge on any atom is -0.396 e. The van der Waals surface area contributed by atoms with Gasteiger partial charge in [-0.3, -0.25) is 0 Å². The molecule has 0 aromatic rings. The van der Waals surface area contributed by atoms with Gasteiger partial charge in [0, 0.05) is 26.4 Å². The molecular weight excluding hydrogens is 232 g/mol. The van der Waals surface area contributed by atoms with E-state index >= 15 is 0 Å². The Kier molecular flexibility index (Phi) is 11.8. The molecule has 0 heterocycles. The predicted molar refractivity (Wildman–Crippen MR) is 72.2 cm³/mol. The molecule has 0 amide bonds. The van der Waals surface area contributed by atoms with Crippen molar-refractivity contribution in [2.45, 2.75) is 45.4 Å². The van der Waals surface area contributed by atoms with Crippen molar-refractivity contribution in [2.75, 3.05) is 26.4 Å². The zero-order chi connectivity index (χ0) is 13.8. The SMILES string of the molecule is CC(CCO)CCO.OCC1CCC(CO)CC1. The zero-order valence-corrected chi connectivity index (χ0v) is 11.6. The second kappa shape index (κ2) is 11.9. The average Bonchev–Trinajstić information content (AvgIpc) is 2.40. The summed E-state index contributed by atoms with van der Waals surface area (Å²) >= 11 is 0. The van der Waals surface area contributed by atoms with Crippen LogP contribution < -0.4 is 0 Å². The van der Waals surface area contributed by atoms with Crippen molar-refractivity contribution in [1.82, 2.24) is 0 Å². The third kappa shape index (κ3) is 8.86.